The van der Waals surface area contributed by atoms with Crippen LogP contribution in [0.1, 0.15) is 5.56 Å². The Bertz CT molecular complexity index is 1030. The third-order valence-corrected chi connectivity index (χ3v) is 3.85. The molecule has 0 aromatic heterocycles. The molecule has 0 bridgehead atoms. The number of carbonyl (C=O) groups is 1. The van der Waals surface area contributed by atoms with Crippen LogP contribution in [0.2, 0.25) is 5.02 Å². The van der Waals surface area contributed by atoms with E-state index in [0.717, 1.165) is 18.2 Å². The molecule has 1 amide bonds. The van der Waals surface area contributed by atoms with Gasteiger partial charge in [-0.2, -0.15) is 5.26 Å². The Kier molecular flexibility index (Phi) is 4.92. The number of nitro benzene ring substituents is 1. The van der Waals surface area contributed by atoms with E-state index in [0.29, 0.717) is 0 Å². The number of nitro groups is 1. The van der Waals surface area contributed by atoms with Gasteiger partial charge in [-0.25, -0.2) is 4.39 Å². The molecule has 0 atom stereocenters. The third kappa shape index (κ3) is 3.80. The molecular weight excluding hydrogens is 381 g/mol. The lowest BCUT2D eigenvalue weighted by Gasteiger charge is -2.06. The molecule has 10 heteroatoms. The van der Waals surface area contributed by atoms with Crippen molar-refractivity contribution < 1.29 is 23.6 Å². The van der Waals surface area contributed by atoms with Gasteiger partial charge in [-0.15, -0.1) is 0 Å². The highest BCUT2D eigenvalue weighted by molar-refractivity contribution is 6.31. The van der Waals surface area contributed by atoms with Crippen LogP contribution in [0.25, 0.3) is 6.08 Å². The number of rotatable bonds is 4. The summed E-state index contributed by atoms with van der Waals surface area (Å²) in [6.45, 7) is -0.0867. The van der Waals surface area contributed by atoms with Crippen molar-refractivity contribution in [3.05, 3.63) is 62.4 Å². The Balaban J connectivity index is 1.94. The highest BCUT2D eigenvalue weighted by atomic mass is 35.5. The molecule has 1 aliphatic heterocycles. The van der Waals surface area contributed by atoms with Gasteiger partial charge in [-0.05, 0) is 30.3 Å². The van der Waals surface area contributed by atoms with E-state index >= 15 is 0 Å². The number of halogens is 2. The number of anilines is 1. The number of nitrogens with zero attached hydrogens (tertiary/aromatic N) is 2. The van der Waals surface area contributed by atoms with Crippen LogP contribution in [-0.4, -0.2) is 17.6 Å². The number of amides is 1. The van der Waals surface area contributed by atoms with Crippen LogP contribution in [-0.2, 0) is 4.79 Å². The average molecular weight is 390 g/mol. The first-order valence-electron chi connectivity index (χ1n) is 7.35. The lowest BCUT2D eigenvalue weighted by atomic mass is 10.1. The van der Waals surface area contributed by atoms with Gasteiger partial charge in [-0.3, -0.25) is 14.9 Å². The van der Waals surface area contributed by atoms with E-state index in [1.807, 2.05) is 0 Å². The quantitative estimate of drug-likeness (QED) is 0.369. The van der Waals surface area contributed by atoms with Gasteiger partial charge in [0, 0.05) is 5.69 Å². The Morgan fingerprint density at radius 2 is 2.04 bits per heavy atom. The summed E-state index contributed by atoms with van der Waals surface area (Å²) in [6.07, 6.45) is 1.06. The van der Waals surface area contributed by atoms with Crippen molar-refractivity contribution in [2.75, 3.05) is 12.1 Å². The maximum atomic E-state index is 13.2. The van der Waals surface area contributed by atoms with Crippen LogP contribution in [0, 0.1) is 27.3 Å². The van der Waals surface area contributed by atoms with Gasteiger partial charge in [0.25, 0.3) is 11.6 Å². The van der Waals surface area contributed by atoms with Gasteiger partial charge in [-0.1, -0.05) is 11.6 Å². The molecule has 0 fully saturated rings. The first kappa shape index (κ1) is 18.2. The van der Waals surface area contributed by atoms with Gasteiger partial charge in [0.2, 0.25) is 6.79 Å². The highest BCUT2D eigenvalue weighted by Gasteiger charge is 2.23. The van der Waals surface area contributed by atoms with Crippen LogP contribution in [0.15, 0.2) is 35.9 Å². The average Bonchev–Trinajstić information content (AvgIpc) is 3.09. The zero-order valence-electron chi connectivity index (χ0n) is 13.4. The van der Waals surface area contributed by atoms with E-state index in [-0.39, 0.29) is 40.3 Å². The molecule has 0 saturated carbocycles. The molecule has 2 aromatic carbocycles. The van der Waals surface area contributed by atoms with Crippen molar-refractivity contribution in [3.8, 4) is 17.6 Å². The summed E-state index contributed by atoms with van der Waals surface area (Å²) in [7, 11) is 0. The molecule has 0 aliphatic carbocycles. The molecule has 0 spiro atoms. The van der Waals surface area contributed by atoms with Crippen LogP contribution >= 0.6 is 11.6 Å². The minimum absolute atomic E-state index is 0.00640. The molecule has 1 aliphatic rings. The van der Waals surface area contributed by atoms with Gasteiger partial charge in [0.05, 0.1) is 21.6 Å². The molecule has 2 aromatic rings. The van der Waals surface area contributed by atoms with Gasteiger partial charge >= 0.3 is 0 Å². The summed E-state index contributed by atoms with van der Waals surface area (Å²) in [5, 5.41) is 22.7. The van der Waals surface area contributed by atoms with Crippen molar-refractivity contribution in [2.45, 2.75) is 0 Å². The predicted octanol–water partition coefficient (Wildman–Crippen LogP) is 3.66. The van der Waals surface area contributed by atoms with Gasteiger partial charge in [0.1, 0.15) is 17.5 Å². The summed E-state index contributed by atoms with van der Waals surface area (Å²) < 4.78 is 23.4. The van der Waals surface area contributed by atoms with Crippen molar-refractivity contribution in [3.63, 3.8) is 0 Å². The molecule has 0 saturated heterocycles. The number of ether oxygens (including phenoxy) is 2. The number of hydrogen-bond acceptors (Lipinski definition) is 6. The zero-order valence-corrected chi connectivity index (χ0v) is 14.1. The second-order valence-electron chi connectivity index (χ2n) is 5.27. The van der Waals surface area contributed by atoms with Crippen LogP contribution < -0.4 is 14.8 Å². The largest absolute Gasteiger partial charge is 0.454 e. The Labute approximate surface area is 156 Å². The van der Waals surface area contributed by atoms with Crippen LogP contribution in [0.3, 0.4) is 0 Å². The topological polar surface area (TPSA) is 114 Å². The van der Waals surface area contributed by atoms with E-state index in [1.54, 1.807) is 6.07 Å². The predicted molar refractivity (Wildman–Crippen MR) is 92.8 cm³/mol. The van der Waals surface area contributed by atoms with Crippen molar-refractivity contribution in [1.29, 1.82) is 5.26 Å². The van der Waals surface area contributed by atoms with Crippen molar-refractivity contribution >= 4 is 35.0 Å². The number of nitriles is 1. The maximum Gasteiger partial charge on any atom is 0.280 e. The smallest absolute Gasteiger partial charge is 0.280 e. The van der Waals surface area contributed by atoms with Crippen molar-refractivity contribution in [1.82, 2.24) is 0 Å². The molecule has 1 heterocycles. The van der Waals surface area contributed by atoms with E-state index < -0.39 is 22.2 Å². The maximum absolute atomic E-state index is 13.2. The number of benzene rings is 2. The van der Waals surface area contributed by atoms with Gasteiger partial charge < -0.3 is 14.8 Å². The first-order chi connectivity index (χ1) is 12.9. The molecule has 3 rings (SSSR count). The fraction of sp³-hybridized carbons (Fsp3) is 0.0588. The van der Waals surface area contributed by atoms with E-state index in [4.69, 9.17) is 21.1 Å². The molecular formula is C17H9ClFN3O5. The SMILES string of the molecule is N#C/C(=C\c1cc2c(cc1[N+](=O)[O-])OCO2)C(=O)Nc1ccc(F)c(Cl)c1. The lowest BCUT2D eigenvalue weighted by molar-refractivity contribution is -0.385. The molecule has 136 valence electrons. The summed E-state index contributed by atoms with van der Waals surface area (Å²) >= 11 is 5.64. The third-order valence-electron chi connectivity index (χ3n) is 3.56. The first-order valence-corrected chi connectivity index (χ1v) is 7.73. The highest BCUT2D eigenvalue weighted by Crippen LogP contribution is 2.38. The van der Waals surface area contributed by atoms with E-state index in [9.17, 15) is 24.6 Å². The van der Waals surface area contributed by atoms with Crippen LogP contribution in [0.5, 0.6) is 11.5 Å². The number of nitrogens with one attached hydrogen (secondary N) is 1. The van der Waals surface area contributed by atoms with Crippen molar-refractivity contribution in [2.24, 2.45) is 0 Å². The normalized spacial score (nSPS) is 12.4. The monoisotopic (exact) mass is 389 g/mol. The summed E-state index contributed by atoms with van der Waals surface area (Å²) in [6, 6.07) is 7.62. The molecule has 27 heavy (non-hydrogen) atoms. The summed E-state index contributed by atoms with van der Waals surface area (Å²) in [5.41, 5.74) is -0.608. The molecule has 0 unspecified atom stereocenters. The zero-order chi connectivity index (χ0) is 19.6. The fourth-order valence-electron chi connectivity index (χ4n) is 2.30. The molecule has 8 nitrogen and oxygen atoms in total. The number of fused-ring (bicyclic) bond motifs is 1. The van der Waals surface area contributed by atoms with E-state index in [2.05, 4.69) is 5.32 Å². The van der Waals surface area contributed by atoms with E-state index in [1.165, 1.54) is 18.2 Å². The second kappa shape index (κ2) is 7.31. The lowest BCUT2D eigenvalue weighted by Crippen LogP contribution is -2.13. The Hall–Kier alpha value is -3.64. The van der Waals surface area contributed by atoms with Gasteiger partial charge in [0.15, 0.2) is 11.5 Å². The summed E-state index contributed by atoms with van der Waals surface area (Å²) in [4.78, 5) is 22.9. The minimum Gasteiger partial charge on any atom is -0.454 e. The Morgan fingerprint density at radius 1 is 1.33 bits per heavy atom. The number of carbonyl (C=O) groups excluding carboxylic acids is 1. The number of hydrogen-bond donors (Lipinski definition) is 1. The standard InChI is InChI=1S/C17H9ClFN3O5/c18-12-5-11(1-2-13(12)19)21-17(23)10(7-20)3-9-4-15-16(27-8-26-15)6-14(9)22(24)25/h1-6H,8H2,(H,21,23)/b10-3+. The molecule has 0 radical (unpaired) electrons. The Morgan fingerprint density at radius 3 is 2.67 bits per heavy atom. The van der Waals surface area contributed by atoms with Crippen LogP contribution in [0.4, 0.5) is 15.8 Å². The minimum atomic E-state index is -0.841. The second-order valence-corrected chi connectivity index (χ2v) is 5.68. The molecule has 1 N–H and O–H groups in total. The summed E-state index contributed by atoms with van der Waals surface area (Å²) in [5.74, 6) is -1.05. The fourth-order valence-corrected chi connectivity index (χ4v) is 2.48.